The van der Waals surface area contributed by atoms with Gasteiger partial charge in [-0.05, 0) is 26.0 Å². The molecule has 0 aliphatic heterocycles. The van der Waals surface area contributed by atoms with Crippen molar-refractivity contribution in [3.8, 4) is 0 Å². The molecule has 0 atom stereocenters. The van der Waals surface area contributed by atoms with Crippen LogP contribution in [0.1, 0.15) is 32.2 Å². The van der Waals surface area contributed by atoms with E-state index in [1.54, 1.807) is 24.7 Å². The number of carbonyl (C=O) groups is 2. The van der Waals surface area contributed by atoms with Crippen LogP contribution in [0.15, 0.2) is 29.0 Å². The lowest BCUT2D eigenvalue weighted by molar-refractivity contribution is 0.0845. The fraction of sp³-hybridized carbons (Fsp3) is 0.200. The van der Waals surface area contributed by atoms with E-state index in [0.717, 1.165) is 11.1 Å². The van der Waals surface area contributed by atoms with Crippen LogP contribution < -0.4 is 10.9 Å². The molecule has 118 valence electrons. The average molecular weight is 313 g/mol. The van der Waals surface area contributed by atoms with E-state index in [4.69, 9.17) is 4.42 Å². The maximum atomic E-state index is 12.1. The molecule has 8 nitrogen and oxygen atoms in total. The number of nitrogens with one attached hydrogen (secondary N) is 2. The van der Waals surface area contributed by atoms with Gasteiger partial charge in [-0.15, -0.1) is 0 Å². The molecule has 3 rings (SSSR count). The van der Waals surface area contributed by atoms with Crippen molar-refractivity contribution in [2.45, 2.75) is 13.8 Å². The number of carbonyl (C=O) groups excluding carboxylic acids is 2. The summed E-state index contributed by atoms with van der Waals surface area (Å²) in [7, 11) is 1.79. The minimum atomic E-state index is -0.461. The molecule has 0 saturated heterocycles. The van der Waals surface area contributed by atoms with Crippen molar-refractivity contribution in [2.75, 3.05) is 0 Å². The predicted octanol–water partition coefficient (Wildman–Crippen LogP) is 1.25. The Balaban J connectivity index is 1.75. The molecule has 0 aliphatic carbocycles. The number of furan rings is 1. The number of amides is 2. The summed E-state index contributed by atoms with van der Waals surface area (Å²) in [5.41, 5.74) is 6.87. The normalized spacial score (nSPS) is 10.7. The second-order valence-electron chi connectivity index (χ2n) is 5.10. The van der Waals surface area contributed by atoms with E-state index in [9.17, 15) is 9.59 Å². The van der Waals surface area contributed by atoms with Crippen LogP contribution in [-0.4, -0.2) is 26.6 Å². The van der Waals surface area contributed by atoms with Gasteiger partial charge in [0.25, 0.3) is 11.8 Å². The van der Waals surface area contributed by atoms with E-state index in [0.29, 0.717) is 22.5 Å². The Morgan fingerprint density at radius 2 is 1.96 bits per heavy atom. The highest BCUT2D eigenvalue weighted by Crippen LogP contribution is 2.16. The van der Waals surface area contributed by atoms with Gasteiger partial charge in [-0.2, -0.15) is 5.10 Å². The predicted molar refractivity (Wildman–Crippen MR) is 81.6 cm³/mol. The molecule has 0 unspecified atom stereocenters. The third kappa shape index (κ3) is 2.66. The van der Waals surface area contributed by atoms with Gasteiger partial charge >= 0.3 is 0 Å². The van der Waals surface area contributed by atoms with Crippen LogP contribution in [0.2, 0.25) is 0 Å². The lowest BCUT2D eigenvalue weighted by atomic mass is 10.2. The zero-order valence-corrected chi connectivity index (χ0v) is 12.9. The summed E-state index contributed by atoms with van der Waals surface area (Å²) >= 11 is 0. The highest BCUT2D eigenvalue weighted by Gasteiger charge is 2.14. The number of hydrogen-bond donors (Lipinski definition) is 2. The van der Waals surface area contributed by atoms with E-state index in [1.165, 1.54) is 18.5 Å². The van der Waals surface area contributed by atoms with Gasteiger partial charge in [0, 0.05) is 18.6 Å². The summed E-state index contributed by atoms with van der Waals surface area (Å²) in [6.07, 6.45) is 2.85. The van der Waals surface area contributed by atoms with E-state index in [2.05, 4.69) is 20.9 Å². The molecule has 0 bridgehead atoms. The quantitative estimate of drug-likeness (QED) is 0.693. The number of aromatic nitrogens is 3. The van der Waals surface area contributed by atoms with Gasteiger partial charge in [-0.1, -0.05) is 0 Å². The number of rotatable bonds is 2. The van der Waals surface area contributed by atoms with Crippen molar-refractivity contribution < 1.29 is 14.0 Å². The molecule has 0 fully saturated rings. The number of nitrogens with zero attached hydrogens (tertiary/aromatic N) is 3. The van der Waals surface area contributed by atoms with E-state index >= 15 is 0 Å². The molecule has 2 N–H and O–H groups in total. The molecule has 0 saturated carbocycles. The van der Waals surface area contributed by atoms with Crippen LogP contribution in [-0.2, 0) is 7.05 Å². The summed E-state index contributed by atoms with van der Waals surface area (Å²) in [5, 5.41) is 5.04. The molecule has 23 heavy (non-hydrogen) atoms. The average Bonchev–Trinajstić information content (AvgIpc) is 3.08. The van der Waals surface area contributed by atoms with Crippen molar-refractivity contribution >= 4 is 22.8 Å². The second-order valence-corrected chi connectivity index (χ2v) is 5.10. The third-order valence-electron chi connectivity index (χ3n) is 3.52. The summed E-state index contributed by atoms with van der Waals surface area (Å²) < 4.78 is 6.70. The minimum Gasteiger partial charge on any atom is -0.469 e. The van der Waals surface area contributed by atoms with Crippen LogP contribution in [0.3, 0.4) is 0 Å². The number of hydrazine groups is 1. The first-order valence-corrected chi connectivity index (χ1v) is 6.91. The van der Waals surface area contributed by atoms with Gasteiger partial charge in [-0.25, -0.2) is 4.98 Å². The molecule has 2 amide bonds. The van der Waals surface area contributed by atoms with Crippen LogP contribution in [0.5, 0.6) is 0 Å². The largest absolute Gasteiger partial charge is 0.469 e. The van der Waals surface area contributed by atoms with Crippen molar-refractivity contribution in [2.24, 2.45) is 7.05 Å². The lowest BCUT2D eigenvalue weighted by Crippen LogP contribution is -2.41. The van der Waals surface area contributed by atoms with Crippen molar-refractivity contribution in [1.29, 1.82) is 0 Å². The Morgan fingerprint density at radius 3 is 2.65 bits per heavy atom. The Labute approximate surface area is 131 Å². The number of fused-ring (bicyclic) bond motifs is 1. The first-order chi connectivity index (χ1) is 11.0. The van der Waals surface area contributed by atoms with Crippen molar-refractivity contribution in [1.82, 2.24) is 25.6 Å². The monoisotopic (exact) mass is 313 g/mol. The van der Waals surface area contributed by atoms with Gasteiger partial charge in [0.05, 0.1) is 23.1 Å². The van der Waals surface area contributed by atoms with Gasteiger partial charge in [0.2, 0.25) is 0 Å². The summed E-state index contributed by atoms with van der Waals surface area (Å²) in [6, 6.07) is 3.22. The highest BCUT2D eigenvalue weighted by molar-refractivity contribution is 6.00. The van der Waals surface area contributed by atoms with Gasteiger partial charge in [0.1, 0.15) is 5.76 Å². The first-order valence-electron chi connectivity index (χ1n) is 6.91. The van der Waals surface area contributed by atoms with Crippen LogP contribution in [0.4, 0.5) is 0 Å². The summed E-state index contributed by atoms with van der Waals surface area (Å²) in [6.45, 7) is 3.51. The maximum absolute atomic E-state index is 12.1. The molecule has 0 aromatic carbocycles. The number of hydrogen-bond acceptors (Lipinski definition) is 5. The zero-order valence-electron chi connectivity index (χ0n) is 12.9. The maximum Gasteiger partial charge on any atom is 0.273 e. The topological polar surface area (TPSA) is 102 Å². The molecule has 0 radical (unpaired) electrons. The molecule has 3 aromatic rings. The zero-order chi connectivity index (χ0) is 16.6. The SMILES string of the molecule is Cc1occc1C(=O)NNC(=O)c1cnc2c(c1)c(C)nn2C. The minimum absolute atomic E-state index is 0.331. The van der Waals surface area contributed by atoms with Crippen LogP contribution >= 0.6 is 0 Å². The molecular weight excluding hydrogens is 298 g/mol. The van der Waals surface area contributed by atoms with E-state index < -0.39 is 11.8 Å². The van der Waals surface area contributed by atoms with Crippen LogP contribution in [0, 0.1) is 13.8 Å². The molecule has 0 spiro atoms. The van der Waals surface area contributed by atoms with Crippen LogP contribution in [0.25, 0.3) is 11.0 Å². The highest BCUT2D eigenvalue weighted by atomic mass is 16.3. The molecule has 3 heterocycles. The fourth-order valence-electron chi connectivity index (χ4n) is 2.31. The summed E-state index contributed by atoms with van der Waals surface area (Å²) in [5.74, 6) is -0.431. The van der Waals surface area contributed by atoms with Gasteiger partial charge < -0.3 is 4.42 Å². The molecular formula is C15H15N5O3. The molecule has 3 aromatic heterocycles. The van der Waals surface area contributed by atoms with Crippen molar-refractivity contribution in [3.05, 3.63) is 47.2 Å². The second kappa shape index (κ2) is 5.56. The Kier molecular flexibility index (Phi) is 3.57. The smallest absolute Gasteiger partial charge is 0.273 e. The summed E-state index contributed by atoms with van der Waals surface area (Å²) in [4.78, 5) is 28.3. The van der Waals surface area contributed by atoms with Gasteiger partial charge in [-0.3, -0.25) is 25.1 Å². The Hall–Kier alpha value is -3.16. The lowest BCUT2D eigenvalue weighted by Gasteiger charge is -2.06. The molecule has 0 aliphatic rings. The fourth-order valence-corrected chi connectivity index (χ4v) is 2.31. The number of pyridine rings is 1. The van der Waals surface area contributed by atoms with Crippen molar-refractivity contribution in [3.63, 3.8) is 0 Å². The standard InChI is InChI=1S/C15H15N5O3/c1-8-12-6-10(7-16-13(12)20(3)19-8)14(21)17-18-15(22)11-4-5-23-9(11)2/h4-7H,1-3H3,(H,17,21)(H,18,22). The van der Waals surface area contributed by atoms with E-state index in [-0.39, 0.29) is 0 Å². The Bertz CT molecular complexity index is 909. The first kappa shape index (κ1) is 14.8. The third-order valence-corrected chi connectivity index (χ3v) is 3.52. The molecule has 8 heteroatoms. The Morgan fingerprint density at radius 1 is 1.22 bits per heavy atom. The number of aryl methyl sites for hydroxylation is 3. The van der Waals surface area contributed by atoms with E-state index in [1.807, 2.05) is 6.92 Å². The van der Waals surface area contributed by atoms with Gasteiger partial charge in [0.15, 0.2) is 5.65 Å².